The number of rotatable bonds is 6. The quantitative estimate of drug-likeness (QED) is 0.727. The van der Waals surface area contributed by atoms with E-state index in [4.69, 9.17) is 0 Å². The first-order chi connectivity index (χ1) is 10.3. The second-order valence-electron chi connectivity index (χ2n) is 4.68. The summed E-state index contributed by atoms with van der Waals surface area (Å²) >= 11 is 5.14. The number of nitrogens with zero attached hydrogens (tertiary/aromatic N) is 3. The van der Waals surface area contributed by atoms with E-state index in [9.17, 15) is 0 Å². The van der Waals surface area contributed by atoms with Gasteiger partial charge < -0.3 is 9.88 Å². The van der Waals surface area contributed by atoms with Gasteiger partial charge in [-0.2, -0.15) is 0 Å². The highest BCUT2D eigenvalue weighted by Gasteiger charge is 2.13. The van der Waals surface area contributed by atoms with Gasteiger partial charge in [0, 0.05) is 25.5 Å². The molecule has 3 aromatic rings. The maximum absolute atomic E-state index is 4.37. The van der Waals surface area contributed by atoms with Gasteiger partial charge in [0.15, 0.2) is 0 Å². The molecule has 2 aromatic heterocycles. The zero-order chi connectivity index (χ0) is 14.5. The Hall–Kier alpha value is -1.50. The maximum Gasteiger partial charge on any atom is 0.0946 e. The van der Waals surface area contributed by atoms with Gasteiger partial charge in [-0.05, 0) is 21.5 Å². The standard InChI is InChI=1S/C15H15BrN4S/c16-15-13(19-11-21-15)8-18-14(9-20-7-6-17-10-20)12-4-2-1-3-5-12/h1-7,10-11,14,18H,8-9H2. The van der Waals surface area contributed by atoms with Crippen LogP contribution in [0.2, 0.25) is 0 Å². The molecule has 6 heteroatoms. The minimum atomic E-state index is 0.217. The highest BCUT2D eigenvalue weighted by Crippen LogP contribution is 2.22. The van der Waals surface area contributed by atoms with Gasteiger partial charge in [-0.3, -0.25) is 0 Å². The average molecular weight is 363 g/mol. The number of aromatic nitrogens is 3. The number of hydrogen-bond donors (Lipinski definition) is 1. The Balaban J connectivity index is 1.74. The second-order valence-corrected chi connectivity index (χ2v) is 6.85. The predicted octanol–water partition coefficient (Wildman–Crippen LogP) is 3.63. The van der Waals surface area contributed by atoms with Gasteiger partial charge in [-0.25, -0.2) is 9.97 Å². The van der Waals surface area contributed by atoms with Gasteiger partial charge in [0.2, 0.25) is 0 Å². The third-order valence-corrected chi connectivity index (χ3v) is 4.93. The van der Waals surface area contributed by atoms with Crippen LogP contribution in [0.3, 0.4) is 0 Å². The SMILES string of the molecule is Brc1scnc1CNC(Cn1ccnc1)c1ccccc1. The Bertz CT molecular complexity index is 666. The van der Waals surface area contributed by atoms with E-state index in [1.54, 1.807) is 17.5 Å². The van der Waals surface area contributed by atoms with Gasteiger partial charge in [0.25, 0.3) is 0 Å². The lowest BCUT2D eigenvalue weighted by atomic mass is 10.1. The van der Waals surface area contributed by atoms with Crippen molar-refractivity contribution in [2.75, 3.05) is 0 Å². The molecule has 108 valence electrons. The molecule has 21 heavy (non-hydrogen) atoms. The molecule has 0 aliphatic heterocycles. The van der Waals surface area contributed by atoms with E-state index in [2.05, 4.69) is 60.0 Å². The highest BCUT2D eigenvalue weighted by molar-refractivity contribution is 9.11. The first kappa shape index (κ1) is 14.4. The van der Waals surface area contributed by atoms with E-state index in [1.807, 2.05) is 24.1 Å². The van der Waals surface area contributed by atoms with Gasteiger partial charge in [0.1, 0.15) is 0 Å². The number of halogens is 1. The van der Waals surface area contributed by atoms with E-state index < -0.39 is 0 Å². The Kier molecular flexibility index (Phi) is 4.80. The summed E-state index contributed by atoms with van der Waals surface area (Å²) < 4.78 is 3.17. The smallest absolute Gasteiger partial charge is 0.0946 e. The molecule has 0 bridgehead atoms. The monoisotopic (exact) mass is 362 g/mol. The number of imidazole rings is 1. The fraction of sp³-hybridized carbons (Fsp3) is 0.200. The molecule has 4 nitrogen and oxygen atoms in total. The lowest BCUT2D eigenvalue weighted by Crippen LogP contribution is -2.25. The number of thiazole rings is 1. The summed E-state index contributed by atoms with van der Waals surface area (Å²) in [6, 6.07) is 10.7. The molecule has 0 fully saturated rings. The molecule has 0 saturated carbocycles. The van der Waals surface area contributed by atoms with Gasteiger partial charge in [-0.15, -0.1) is 11.3 Å². The van der Waals surface area contributed by atoms with Gasteiger partial charge >= 0.3 is 0 Å². The van der Waals surface area contributed by atoms with Crippen molar-refractivity contribution < 1.29 is 0 Å². The molecule has 0 saturated heterocycles. The van der Waals surface area contributed by atoms with Gasteiger partial charge in [0.05, 0.1) is 27.4 Å². The molecule has 1 N–H and O–H groups in total. The lowest BCUT2D eigenvalue weighted by Gasteiger charge is -2.19. The summed E-state index contributed by atoms with van der Waals surface area (Å²) in [4.78, 5) is 8.48. The highest BCUT2D eigenvalue weighted by atomic mass is 79.9. The van der Waals surface area contributed by atoms with Crippen molar-refractivity contribution in [2.24, 2.45) is 0 Å². The molecule has 1 unspecified atom stereocenters. The zero-order valence-corrected chi connectivity index (χ0v) is 13.7. The minimum Gasteiger partial charge on any atom is -0.336 e. The Morgan fingerprint density at radius 2 is 2.14 bits per heavy atom. The van der Waals surface area contributed by atoms with Crippen LogP contribution in [-0.2, 0) is 13.1 Å². The van der Waals surface area contributed by atoms with Crippen LogP contribution in [0.4, 0.5) is 0 Å². The van der Waals surface area contributed by atoms with Gasteiger partial charge in [-0.1, -0.05) is 30.3 Å². The van der Waals surface area contributed by atoms with E-state index >= 15 is 0 Å². The molecule has 0 amide bonds. The average Bonchev–Trinajstić information content (AvgIpc) is 3.16. The summed E-state index contributed by atoms with van der Waals surface area (Å²) in [5, 5.41) is 3.58. The predicted molar refractivity (Wildman–Crippen MR) is 88.1 cm³/mol. The molecule has 0 spiro atoms. The summed E-state index contributed by atoms with van der Waals surface area (Å²) in [5.41, 5.74) is 4.17. The molecule has 0 aliphatic rings. The first-order valence-corrected chi connectivity index (χ1v) is 8.32. The fourth-order valence-corrected chi connectivity index (χ4v) is 3.20. The normalized spacial score (nSPS) is 12.4. The molecule has 0 radical (unpaired) electrons. The molecular formula is C15H15BrN4S. The number of hydrogen-bond acceptors (Lipinski definition) is 4. The minimum absolute atomic E-state index is 0.217. The summed E-state index contributed by atoms with van der Waals surface area (Å²) in [6.07, 6.45) is 5.63. The largest absolute Gasteiger partial charge is 0.336 e. The van der Waals surface area contributed by atoms with Crippen LogP contribution in [-0.4, -0.2) is 14.5 Å². The van der Waals surface area contributed by atoms with Crippen molar-refractivity contribution in [2.45, 2.75) is 19.1 Å². The molecule has 2 heterocycles. The third kappa shape index (κ3) is 3.78. The third-order valence-electron chi connectivity index (χ3n) is 3.26. The molecular weight excluding hydrogens is 348 g/mol. The van der Waals surface area contributed by atoms with E-state index in [1.165, 1.54) is 5.56 Å². The molecule has 3 rings (SSSR count). The number of benzene rings is 1. The summed E-state index contributed by atoms with van der Waals surface area (Å²) in [5.74, 6) is 0. The van der Waals surface area contributed by atoms with Crippen molar-refractivity contribution in [3.05, 3.63) is 69.6 Å². The molecule has 0 aliphatic carbocycles. The van der Waals surface area contributed by atoms with Crippen molar-refractivity contribution in [3.8, 4) is 0 Å². The fourth-order valence-electron chi connectivity index (χ4n) is 2.17. The second kappa shape index (κ2) is 6.98. The van der Waals surface area contributed by atoms with Crippen LogP contribution in [0.25, 0.3) is 0 Å². The van der Waals surface area contributed by atoms with Crippen LogP contribution >= 0.6 is 27.3 Å². The van der Waals surface area contributed by atoms with Crippen molar-refractivity contribution in [3.63, 3.8) is 0 Å². The lowest BCUT2D eigenvalue weighted by molar-refractivity contribution is 0.459. The van der Waals surface area contributed by atoms with E-state index in [0.29, 0.717) is 0 Å². The topological polar surface area (TPSA) is 42.7 Å². The first-order valence-electron chi connectivity index (χ1n) is 6.65. The zero-order valence-electron chi connectivity index (χ0n) is 11.3. The van der Waals surface area contributed by atoms with E-state index in [0.717, 1.165) is 22.6 Å². The number of nitrogens with one attached hydrogen (secondary N) is 1. The van der Waals surface area contributed by atoms with Crippen LogP contribution in [0, 0.1) is 0 Å². The van der Waals surface area contributed by atoms with Crippen LogP contribution in [0.5, 0.6) is 0 Å². The van der Waals surface area contributed by atoms with Crippen LogP contribution < -0.4 is 5.32 Å². The van der Waals surface area contributed by atoms with Crippen LogP contribution in [0.15, 0.2) is 58.3 Å². The Labute approximate surface area is 136 Å². The molecule has 1 atom stereocenters. The van der Waals surface area contributed by atoms with Crippen molar-refractivity contribution >= 4 is 27.3 Å². The Morgan fingerprint density at radius 1 is 1.29 bits per heavy atom. The Morgan fingerprint density at radius 3 is 2.81 bits per heavy atom. The van der Waals surface area contributed by atoms with Crippen molar-refractivity contribution in [1.82, 2.24) is 19.9 Å². The summed E-state index contributed by atoms with van der Waals surface area (Å²) in [6.45, 7) is 1.57. The van der Waals surface area contributed by atoms with Crippen LogP contribution in [0.1, 0.15) is 17.3 Å². The molecule has 1 aromatic carbocycles. The van der Waals surface area contributed by atoms with Crippen molar-refractivity contribution in [1.29, 1.82) is 0 Å². The summed E-state index contributed by atoms with van der Waals surface area (Å²) in [7, 11) is 0. The van der Waals surface area contributed by atoms with E-state index in [-0.39, 0.29) is 6.04 Å². The maximum atomic E-state index is 4.37.